The van der Waals surface area contributed by atoms with E-state index in [1.54, 1.807) is 19.1 Å². The van der Waals surface area contributed by atoms with Crippen LogP contribution in [0.25, 0.3) is 0 Å². The van der Waals surface area contributed by atoms with E-state index in [4.69, 9.17) is 4.74 Å². The molecule has 0 heterocycles. The van der Waals surface area contributed by atoms with Gasteiger partial charge in [0, 0.05) is 6.07 Å². The SMILES string of the molecule is Cc1c(OCCCCS)cccc1[N+](=O)[O-]. The van der Waals surface area contributed by atoms with Gasteiger partial charge in [-0.2, -0.15) is 12.6 Å². The van der Waals surface area contributed by atoms with E-state index in [0.717, 1.165) is 18.6 Å². The molecule has 0 aliphatic rings. The molecule has 1 rings (SSSR count). The van der Waals surface area contributed by atoms with Crippen LogP contribution in [0.5, 0.6) is 5.75 Å². The molecule has 0 spiro atoms. The van der Waals surface area contributed by atoms with E-state index >= 15 is 0 Å². The molecule has 0 bridgehead atoms. The van der Waals surface area contributed by atoms with Gasteiger partial charge in [0.2, 0.25) is 0 Å². The number of ether oxygens (including phenoxy) is 1. The maximum Gasteiger partial charge on any atom is 0.276 e. The van der Waals surface area contributed by atoms with Crippen LogP contribution in [-0.4, -0.2) is 17.3 Å². The topological polar surface area (TPSA) is 52.4 Å². The van der Waals surface area contributed by atoms with Crippen molar-refractivity contribution in [3.63, 3.8) is 0 Å². The maximum absolute atomic E-state index is 10.7. The van der Waals surface area contributed by atoms with Crippen LogP contribution in [0.15, 0.2) is 18.2 Å². The lowest BCUT2D eigenvalue weighted by Gasteiger charge is -2.08. The van der Waals surface area contributed by atoms with Gasteiger partial charge in [0.1, 0.15) is 5.75 Å². The van der Waals surface area contributed by atoms with Crippen LogP contribution >= 0.6 is 12.6 Å². The van der Waals surface area contributed by atoms with E-state index < -0.39 is 4.92 Å². The van der Waals surface area contributed by atoms with Crippen LogP contribution in [0, 0.1) is 17.0 Å². The van der Waals surface area contributed by atoms with Crippen molar-refractivity contribution in [2.75, 3.05) is 12.4 Å². The van der Waals surface area contributed by atoms with E-state index in [1.807, 2.05) is 0 Å². The second kappa shape index (κ2) is 6.37. The van der Waals surface area contributed by atoms with Gasteiger partial charge < -0.3 is 4.74 Å². The molecule has 0 N–H and O–H groups in total. The molecule has 1 aromatic carbocycles. The summed E-state index contributed by atoms with van der Waals surface area (Å²) >= 11 is 4.10. The van der Waals surface area contributed by atoms with E-state index in [-0.39, 0.29) is 5.69 Å². The van der Waals surface area contributed by atoms with Gasteiger partial charge in [-0.1, -0.05) is 6.07 Å². The van der Waals surface area contributed by atoms with Crippen LogP contribution in [0.3, 0.4) is 0 Å². The summed E-state index contributed by atoms with van der Waals surface area (Å²) in [6.45, 7) is 2.27. The third-order valence-electron chi connectivity index (χ3n) is 2.26. The summed E-state index contributed by atoms with van der Waals surface area (Å²) in [6.07, 6.45) is 1.89. The average Bonchev–Trinajstić information content (AvgIpc) is 2.26. The van der Waals surface area contributed by atoms with Gasteiger partial charge in [-0.15, -0.1) is 0 Å². The van der Waals surface area contributed by atoms with Crippen molar-refractivity contribution in [1.82, 2.24) is 0 Å². The quantitative estimate of drug-likeness (QED) is 0.360. The maximum atomic E-state index is 10.7. The number of thiol groups is 1. The molecule has 0 saturated carbocycles. The summed E-state index contributed by atoms with van der Waals surface area (Å²) in [6, 6.07) is 4.87. The Labute approximate surface area is 100 Å². The zero-order chi connectivity index (χ0) is 12.0. The first kappa shape index (κ1) is 12.8. The zero-order valence-corrected chi connectivity index (χ0v) is 10.1. The van der Waals surface area contributed by atoms with Crippen LogP contribution in [0.2, 0.25) is 0 Å². The highest BCUT2D eigenvalue weighted by atomic mass is 32.1. The number of nitrogens with zero attached hydrogens (tertiary/aromatic N) is 1. The summed E-state index contributed by atoms with van der Waals surface area (Å²) < 4.78 is 5.49. The van der Waals surface area contributed by atoms with Gasteiger partial charge >= 0.3 is 0 Å². The molecule has 0 radical (unpaired) electrons. The first-order valence-electron chi connectivity index (χ1n) is 5.14. The van der Waals surface area contributed by atoms with E-state index in [0.29, 0.717) is 17.9 Å². The lowest BCUT2D eigenvalue weighted by molar-refractivity contribution is -0.385. The normalized spacial score (nSPS) is 10.1. The number of hydrogen-bond acceptors (Lipinski definition) is 4. The molecular weight excluding hydrogens is 226 g/mol. The van der Waals surface area contributed by atoms with Gasteiger partial charge in [0.25, 0.3) is 5.69 Å². The molecule has 0 aliphatic heterocycles. The predicted molar refractivity (Wildman–Crippen MR) is 66.4 cm³/mol. The first-order chi connectivity index (χ1) is 7.66. The van der Waals surface area contributed by atoms with Crippen molar-refractivity contribution >= 4 is 18.3 Å². The summed E-state index contributed by atoms with van der Waals surface area (Å²) in [4.78, 5) is 10.3. The van der Waals surface area contributed by atoms with E-state index in [1.165, 1.54) is 6.07 Å². The Kier molecular flexibility index (Phi) is 5.11. The molecule has 0 fully saturated rings. The summed E-state index contributed by atoms with van der Waals surface area (Å²) in [5.74, 6) is 1.42. The molecule has 5 heteroatoms. The van der Waals surface area contributed by atoms with Gasteiger partial charge in [-0.05, 0) is 31.6 Å². The molecule has 88 valence electrons. The fourth-order valence-electron chi connectivity index (χ4n) is 1.35. The third kappa shape index (κ3) is 3.41. The van der Waals surface area contributed by atoms with Crippen molar-refractivity contribution in [3.05, 3.63) is 33.9 Å². The summed E-state index contributed by atoms with van der Waals surface area (Å²) in [5, 5.41) is 10.7. The van der Waals surface area contributed by atoms with E-state index in [9.17, 15) is 10.1 Å². The van der Waals surface area contributed by atoms with Gasteiger partial charge in [-0.25, -0.2) is 0 Å². The fourth-order valence-corrected chi connectivity index (χ4v) is 1.58. The Morgan fingerprint density at radius 3 is 2.81 bits per heavy atom. The van der Waals surface area contributed by atoms with Crippen LogP contribution in [0.4, 0.5) is 5.69 Å². The van der Waals surface area contributed by atoms with Crippen molar-refractivity contribution < 1.29 is 9.66 Å². The lowest BCUT2D eigenvalue weighted by Crippen LogP contribution is -2.01. The Hall–Kier alpha value is -1.23. The molecular formula is C11H15NO3S. The minimum atomic E-state index is -0.393. The highest BCUT2D eigenvalue weighted by Crippen LogP contribution is 2.26. The fraction of sp³-hybridized carbons (Fsp3) is 0.455. The number of rotatable bonds is 6. The molecule has 0 aromatic heterocycles. The Morgan fingerprint density at radius 1 is 1.44 bits per heavy atom. The number of nitro groups is 1. The molecule has 0 amide bonds. The van der Waals surface area contributed by atoms with Crippen molar-refractivity contribution in [1.29, 1.82) is 0 Å². The smallest absolute Gasteiger partial charge is 0.276 e. The number of hydrogen-bond donors (Lipinski definition) is 1. The number of benzene rings is 1. The monoisotopic (exact) mass is 241 g/mol. The van der Waals surface area contributed by atoms with Crippen molar-refractivity contribution in [2.45, 2.75) is 19.8 Å². The molecule has 0 atom stereocenters. The minimum Gasteiger partial charge on any atom is -0.493 e. The Morgan fingerprint density at radius 2 is 2.19 bits per heavy atom. The Bertz CT molecular complexity index is 368. The predicted octanol–water partition coefficient (Wildman–Crippen LogP) is 2.99. The molecule has 0 saturated heterocycles. The number of unbranched alkanes of at least 4 members (excludes halogenated alkanes) is 1. The molecule has 0 unspecified atom stereocenters. The summed E-state index contributed by atoms with van der Waals surface area (Å²) in [7, 11) is 0. The molecule has 4 nitrogen and oxygen atoms in total. The van der Waals surface area contributed by atoms with Crippen molar-refractivity contribution in [3.8, 4) is 5.75 Å². The molecule has 0 aliphatic carbocycles. The van der Waals surface area contributed by atoms with Gasteiger partial charge in [0.15, 0.2) is 0 Å². The van der Waals surface area contributed by atoms with Gasteiger partial charge in [-0.3, -0.25) is 10.1 Å². The first-order valence-corrected chi connectivity index (χ1v) is 5.77. The van der Waals surface area contributed by atoms with Crippen molar-refractivity contribution in [2.24, 2.45) is 0 Å². The Balaban J connectivity index is 2.66. The van der Waals surface area contributed by atoms with Crippen LogP contribution in [-0.2, 0) is 0 Å². The molecule has 1 aromatic rings. The number of nitro benzene ring substituents is 1. The second-order valence-corrected chi connectivity index (χ2v) is 3.88. The summed E-state index contributed by atoms with van der Waals surface area (Å²) in [5.41, 5.74) is 0.685. The van der Waals surface area contributed by atoms with E-state index in [2.05, 4.69) is 12.6 Å². The lowest BCUT2D eigenvalue weighted by atomic mass is 10.2. The minimum absolute atomic E-state index is 0.103. The molecule has 16 heavy (non-hydrogen) atoms. The highest BCUT2D eigenvalue weighted by Gasteiger charge is 2.13. The largest absolute Gasteiger partial charge is 0.493 e. The van der Waals surface area contributed by atoms with Crippen LogP contribution < -0.4 is 4.74 Å². The highest BCUT2D eigenvalue weighted by molar-refractivity contribution is 7.80. The second-order valence-electron chi connectivity index (χ2n) is 3.44. The average molecular weight is 241 g/mol. The standard InChI is InChI=1S/C11H15NO3S/c1-9-10(12(13)14)5-4-6-11(9)15-7-2-3-8-16/h4-6,16H,2-3,7-8H2,1H3. The third-order valence-corrected chi connectivity index (χ3v) is 2.58. The zero-order valence-electron chi connectivity index (χ0n) is 9.18. The van der Waals surface area contributed by atoms with Gasteiger partial charge in [0.05, 0.1) is 17.1 Å². The van der Waals surface area contributed by atoms with Crippen LogP contribution in [0.1, 0.15) is 18.4 Å².